The Labute approximate surface area is 72.8 Å². The lowest BCUT2D eigenvalue weighted by Gasteiger charge is -2.18. The minimum absolute atomic E-state index is 0.779. The lowest BCUT2D eigenvalue weighted by atomic mass is 10.1. The maximum atomic E-state index is 11.0. The van der Waals surface area contributed by atoms with Gasteiger partial charge in [-0.25, -0.2) is 0 Å². The van der Waals surface area contributed by atoms with Gasteiger partial charge < -0.3 is 30.3 Å². The zero-order valence-electron chi connectivity index (χ0n) is 6.49. The number of hydrogen-bond donors (Lipinski definition) is 5. The van der Waals surface area contributed by atoms with Gasteiger partial charge in [0.1, 0.15) is 6.10 Å². The van der Waals surface area contributed by atoms with Crippen LogP contribution < -0.4 is 0 Å². The summed E-state index contributed by atoms with van der Waals surface area (Å²) in [6.45, 7) is -0.779. The summed E-state index contributed by atoms with van der Waals surface area (Å²) in [4.78, 5) is 11.0. The van der Waals surface area contributed by atoms with E-state index in [1.807, 2.05) is 0 Å². The molecule has 0 amide bonds. The molecule has 1 fully saturated rings. The fraction of sp³-hybridized carbons (Fsp3) is 0.833. The summed E-state index contributed by atoms with van der Waals surface area (Å²) in [7, 11) is 0. The monoisotopic (exact) mass is 194 g/mol. The molecule has 13 heavy (non-hydrogen) atoms. The number of carbonyl (C=O) groups is 1. The lowest BCUT2D eigenvalue weighted by molar-refractivity contribution is -0.358. The third-order valence-corrected chi connectivity index (χ3v) is 1.74. The van der Waals surface area contributed by atoms with Crippen molar-refractivity contribution >= 4 is 5.78 Å². The van der Waals surface area contributed by atoms with Crippen LogP contribution in [-0.2, 0) is 9.53 Å². The molecular formula is C6H10O7. The number of aliphatic hydroxyl groups excluding tert-OH is 3. The standard InChI is InChI=1S/C6H10O7/c7-1-2(8)4-3(9)5(10)6(11,12)13-4/h2,4-5,7-8,10-12H,1H2/t2-,4+,5?/m0/s1. The van der Waals surface area contributed by atoms with Crippen molar-refractivity contribution in [3.05, 3.63) is 0 Å². The molecule has 1 rings (SSSR count). The zero-order chi connectivity index (χ0) is 10.2. The Hall–Kier alpha value is -0.570. The van der Waals surface area contributed by atoms with Crippen molar-refractivity contribution in [2.24, 2.45) is 0 Å². The number of aliphatic hydroxyl groups is 5. The number of hydrogen-bond acceptors (Lipinski definition) is 7. The average molecular weight is 194 g/mol. The SMILES string of the molecule is O=C1C(O)C(O)(O)O[C@@H]1[C@@H](O)CO. The highest BCUT2D eigenvalue weighted by molar-refractivity contribution is 5.90. The summed E-state index contributed by atoms with van der Waals surface area (Å²) in [6, 6.07) is 0. The zero-order valence-corrected chi connectivity index (χ0v) is 6.49. The Morgan fingerprint density at radius 3 is 2.38 bits per heavy atom. The molecule has 0 aromatic rings. The molecule has 1 aliphatic rings. The minimum Gasteiger partial charge on any atom is -0.394 e. The van der Waals surface area contributed by atoms with Crippen LogP contribution in [0.2, 0.25) is 0 Å². The molecule has 0 saturated carbocycles. The highest BCUT2D eigenvalue weighted by Crippen LogP contribution is 2.25. The van der Waals surface area contributed by atoms with Gasteiger partial charge in [-0.3, -0.25) is 4.79 Å². The maximum absolute atomic E-state index is 11.0. The molecule has 7 heteroatoms. The predicted octanol–water partition coefficient (Wildman–Crippen LogP) is -3.69. The first-order valence-electron chi connectivity index (χ1n) is 3.53. The van der Waals surface area contributed by atoms with E-state index in [-0.39, 0.29) is 0 Å². The van der Waals surface area contributed by atoms with Gasteiger partial charge in [0.15, 0.2) is 12.2 Å². The predicted molar refractivity (Wildman–Crippen MR) is 36.1 cm³/mol. The van der Waals surface area contributed by atoms with Gasteiger partial charge in [0.25, 0.3) is 0 Å². The van der Waals surface area contributed by atoms with Gasteiger partial charge in [-0.2, -0.15) is 0 Å². The Morgan fingerprint density at radius 1 is 1.54 bits per heavy atom. The van der Waals surface area contributed by atoms with Crippen molar-refractivity contribution < 1.29 is 35.1 Å². The van der Waals surface area contributed by atoms with Crippen LogP contribution in [0, 0.1) is 0 Å². The van der Waals surface area contributed by atoms with E-state index in [4.69, 9.17) is 25.5 Å². The first-order chi connectivity index (χ1) is 5.90. The van der Waals surface area contributed by atoms with Crippen LogP contribution >= 0.6 is 0 Å². The van der Waals surface area contributed by atoms with Gasteiger partial charge in [-0.15, -0.1) is 0 Å². The van der Waals surface area contributed by atoms with E-state index in [0.717, 1.165) is 0 Å². The van der Waals surface area contributed by atoms with Crippen molar-refractivity contribution in [1.29, 1.82) is 0 Å². The summed E-state index contributed by atoms with van der Waals surface area (Å²) in [5, 5.41) is 43.9. The molecular weight excluding hydrogens is 184 g/mol. The Bertz CT molecular complexity index is 213. The Morgan fingerprint density at radius 2 is 2.08 bits per heavy atom. The lowest BCUT2D eigenvalue weighted by Crippen LogP contribution is -2.41. The molecule has 0 aromatic heterocycles. The number of Topliss-reactive ketones (excluding diaryl/α,β-unsaturated/α-hetero) is 1. The molecule has 1 saturated heterocycles. The quantitative estimate of drug-likeness (QED) is 0.286. The number of rotatable bonds is 2. The molecule has 0 radical (unpaired) electrons. The molecule has 76 valence electrons. The molecule has 0 bridgehead atoms. The number of ketones is 1. The number of ether oxygens (including phenoxy) is 1. The van der Waals surface area contributed by atoms with Crippen LogP contribution in [0.1, 0.15) is 0 Å². The molecule has 0 aromatic carbocycles. The molecule has 3 atom stereocenters. The van der Waals surface area contributed by atoms with Crippen LogP contribution in [0.15, 0.2) is 0 Å². The fourth-order valence-electron chi connectivity index (χ4n) is 1.01. The normalized spacial score (nSPS) is 35.0. The topological polar surface area (TPSA) is 127 Å². The summed E-state index contributed by atoms with van der Waals surface area (Å²) >= 11 is 0. The second-order valence-corrected chi connectivity index (χ2v) is 2.75. The van der Waals surface area contributed by atoms with Crippen LogP contribution in [0.4, 0.5) is 0 Å². The van der Waals surface area contributed by atoms with Crippen LogP contribution in [-0.4, -0.2) is 62.2 Å². The molecule has 1 aliphatic heterocycles. The van der Waals surface area contributed by atoms with E-state index >= 15 is 0 Å². The molecule has 1 heterocycles. The first-order valence-corrected chi connectivity index (χ1v) is 3.53. The van der Waals surface area contributed by atoms with Crippen molar-refractivity contribution in [3.63, 3.8) is 0 Å². The van der Waals surface area contributed by atoms with E-state index in [1.54, 1.807) is 0 Å². The second kappa shape index (κ2) is 3.29. The van der Waals surface area contributed by atoms with Crippen molar-refractivity contribution in [2.45, 2.75) is 24.3 Å². The number of carbonyl (C=O) groups excluding carboxylic acids is 1. The molecule has 0 spiro atoms. The highest BCUT2D eigenvalue weighted by atomic mass is 16.8. The minimum atomic E-state index is -2.99. The summed E-state index contributed by atoms with van der Waals surface area (Å²) in [5.74, 6) is -4.07. The first kappa shape index (κ1) is 10.5. The smallest absolute Gasteiger partial charge is 0.313 e. The van der Waals surface area contributed by atoms with Crippen molar-refractivity contribution in [1.82, 2.24) is 0 Å². The second-order valence-electron chi connectivity index (χ2n) is 2.75. The van der Waals surface area contributed by atoms with Gasteiger partial charge in [0.2, 0.25) is 5.78 Å². The molecule has 7 nitrogen and oxygen atoms in total. The van der Waals surface area contributed by atoms with E-state index in [0.29, 0.717) is 0 Å². The van der Waals surface area contributed by atoms with Crippen LogP contribution in [0.5, 0.6) is 0 Å². The molecule has 1 unspecified atom stereocenters. The van der Waals surface area contributed by atoms with E-state index in [2.05, 4.69) is 4.74 Å². The van der Waals surface area contributed by atoms with Crippen LogP contribution in [0.25, 0.3) is 0 Å². The molecule has 5 N–H and O–H groups in total. The van der Waals surface area contributed by atoms with Gasteiger partial charge >= 0.3 is 5.97 Å². The van der Waals surface area contributed by atoms with E-state index < -0.39 is 36.7 Å². The van der Waals surface area contributed by atoms with Crippen LogP contribution in [0.3, 0.4) is 0 Å². The van der Waals surface area contributed by atoms with Gasteiger partial charge in [0, 0.05) is 0 Å². The Kier molecular flexibility index (Phi) is 2.66. The van der Waals surface area contributed by atoms with Gasteiger partial charge in [-0.1, -0.05) is 0 Å². The average Bonchev–Trinajstić information content (AvgIpc) is 2.28. The Balaban J connectivity index is 2.78. The maximum Gasteiger partial charge on any atom is 0.313 e. The largest absolute Gasteiger partial charge is 0.394 e. The van der Waals surface area contributed by atoms with Gasteiger partial charge in [0.05, 0.1) is 6.61 Å². The van der Waals surface area contributed by atoms with Crippen molar-refractivity contribution in [2.75, 3.05) is 6.61 Å². The van der Waals surface area contributed by atoms with Gasteiger partial charge in [-0.05, 0) is 0 Å². The van der Waals surface area contributed by atoms with E-state index in [1.165, 1.54) is 0 Å². The highest BCUT2D eigenvalue weighted by Gasteiger charge is 2.54. The summed E-state index contributed by atoms with van der Waals surface area (Å²) < 4.78 is 4.23. The fourth-order valence-corrected chi connectivity index (χ4v) is 1.01. The third-order valence-electron chi connectivity index (χ3n) is 1.74. The van der Waals surface area contributed by atoms with E-state index in [9.17, 15) is 4.79 Å². The third kappa shape index (κ3) is 1.70. The van der Waals surface area contributed by atoms with Crippen molar-refractivity contribution in [3.8, 4) is 0 Å². The molecule has 0 aliphatic carbocycles. The summed E-state index contributed by atoms with van der Waals surface area (Å²) in [6.07, 6.45) is -5.32. The summed E-state index contributed by atoms with van der Waals surface area (Å²) in [5.41, 5.74) is 0.